The monoisotopic (exact) mass is 364 g/mol. The molecule has 138 valence electrons. The average Bonchev–Trinajstić information content (AvgIpc) is 3.16. The Kier molecular flexibility index (Phi) is 4.18. The largest absolute Gasteiger partial charge is 0.490 e. The summed E-state index contributed by atoms with van der Waals surface area (Å²) in [5, 5.41) is 14.9. The Labute approximate surface area is 157 Å². The zero-order chi connectivity index (χ0) is 19.1. The number of nitrogens with one attached hydrogen (secondary N) is 1. The molecule has 0 bridgehead atoms. The second kappa shape index (κ2) is 6.54. The zero-order valence-electron chi connectivity index (χ0n) is 15.1. The van der Waals surface area contributed by atoms with E-state index in [1.165, 1.54) is 7.11 Å². The van der Waals surface area contributed by atoms with Crippen LogP contribution in [0.2, 0.25) is 0 Å². The third kappa shape index (κ3) is 2.87. The summed E-state index contributed by atoms with van der Waals surface area (Å²) in [6, 6.07) is 10.8. The van der Waals surface area contributed by atoms with Crippen LogP contribution in [0.4, 0.5) is 11.4 Å². The third-order valence-corrected chi connectivity index (χ3v) is 5.53. The average molecular weight is 364 g/mol. The van der Waals surface area contributed by atoms with Crippen molar-refractivity contribution in [1.29, 1.82) is 0 Å². The molecule has 0 radical (unpaired) electrons. The van der Waals surface area contributed by atoms with Gasteiger partial charge in [0.25, 0.3) is 0 Å². The molecule has 1 N–H and O–H groups in total. The van der Waals surface area contributed by atoms with Gasteiger partial charge in [0, 0.05) is 23.2 Å². The zero-order valence-corrected chi connectivity index (χ0v) is 15.1. The number of benzene rings is 2. The standard InChI is InChI=1S/C21H20N2O4/c1-12(24)13-6-8-18-17(10-13)15-4-3-5-16(15)21(22-18)14-7-9-20(27-2)19(11-14)23(25)26/h3-4,6-11,15-16,21-22H,5H2,1-2H3/t15-,16-,21-/m0/s1. The van der Waals surface area contributed by atoms with Gasteiger partial charge in [-0.15, -0.1) is 0 Å². The van der Waals surface area contributed by atoms with Crippen LogP contribution in [0.5, 0.6) is 5.75 Å². The first-order chi connectivity index (χ1) is 13.0. The molecule has 27 heavy (non-hydrogen) atoms. The number of nitrogens with zero attached hydrogens (tertiary/aromatic N) is 1. The second-order valence-electron chi connectivity index (χ2n) is 7.02. The summed E-state index contributed by atoms with van der Waals surface area (Å²) in [5.41, 5.74) is 3.62. The summed E-state index contributed by atoms with van der Waals surface area (Å²) < 4.78 is 5.12. The van der Waals surface area contributed by atoms with E-state index in [0.29, 0.717) is 5.56 Å². The highest BCUT2D eigenvalue weighted by atomic mass is 16.6. The molecule has 0 unspecified atom stereocenters. The first-order valence-electron chi connectivity index (χ1n) is 8.90. The number of ether oxygens (including phenoxy) is 1. The van der Waals surface area contributed by atoms with E-state index in [-0.39, 0.29) is 35.1 Å². The Hall–Kier alpha value is -3.15. The number of methoxy groups -OCH3 is 1. The molecule has 6 nitrogen and oxygen atoms in total. The molecule has 3 atom stereocenters. The topological polar surface area (TPSA) is 81.5 Å². The summed E-state index contributed by atoms with van der Waals surface area (Å²) in [6.07, 6.45) is 5.21. The highest BCUT2D eigenvalue weighted by Gasteiger charge is 2.38. The van der Waals surface area contributed by atoms with Gasteiger partial charge in [0.2, 0.25) is 0 Å². The van der Waals surface area contributed by atoms with Crippen molar-refractivity contribution in [2.45, 2.75) is 25.3 Å². The van der Waals surface area contributed by atoms with Crippen molar-refractivity contribution in [3.63, 3.8) is 0 Å². The molecule has 0 spiro atoms. The number of ketones is 1. The van der Waals surface area contributed by atoms with Crippen LogP contribution in [0, 0.1) is 16.0 Å². The van der Waals surface area contributed by atoms with E-state index in [0.717, 1.165) is 23.2 Å². The molecule has 4 rings (SSSR count). The lowest BCUT2D eigenvalue weighted by Crippen LogP contribution is -2.29. The fraction of sp³-hybridized carbons (Fsp3) is 0.286. The van der Waals surface area contributed by atoms with E-state index in [9.17, 15) is 14.9 Å². The number of hydrogen-bond acceptors (Lipinski definition) is 5. The molecule has 2 aromatic carbocycles. The van der Waals surface area contributed by atoms with Gasteiger partial charge < -0.3 is 10.1 Å². The summed E-state index contributed by atoms with van der Waals surface area (Å²) in [6.45, 7) is 1.57. The summed E-state index contributed by atoms with van der Waals surface area (Å²) in [5.74, 6) is 0.732. The maximum atomic E-state index is 11.8. The number of nitro groups is 1. The van der Waals surface area contributed by atoms with Crippen LogP contribution in [0.3, 0.4) is 0 Å². The van der Waals surface area contributed by atoms with Crippen LogP contribution in [0.1, 0.15) is 46.8 Å². The Balaban J connectivity index is 1.77. The van der Waals surface area contributed by atoms with E-state index in [1.54, 1.807) is 19.1 Å². The van der Waals surface area contributed by atoms with Gasteiger partial charge in [0.15, 0.2) is 11.5 Å². The molecule has 0 fully saturated rings. The molecule has 1 aliphatic heterocycles. The summed E-state index contributed by atoms with van der Waals surface area (Å²) >= 11 is 0. The summed E-state index contributed by atoms with van der Waals surface area (Å²) in [4.78, 5) is 22.7. The van der Waals surface area contributed by atoms with Gasteiger partial charge in [0.05, 0.1) is 18.1 Å². The lowest BCUT2D eigenvalue weighted by atomic mass is 9.76. The SMILES string of the molecule is COc1ccc([C@@H]2Nc3ccc(C(C)=O)cc3[C@H]3C=CC[C@@H]32)cc1[N+](=O)[O-]. The minimum Gasteiger partial charge on any atom is -0.490 e. The number of anilines is 1. The van der Waals surface area contributed by atoms with Crippen molar-refractivity contribution in [3.05, 3.63) is 75.4 Å². The van der Waals surface area contributed by atoms with Gasteiger partial charge in [-0.25, -0.2) is 0 Å². The fourth-order valence-electron chi connectivity index (χ4n) is 4.19. The second-order valence-corrected chi connectivity index (χ2v) is 7.02. The molecule has 1 aliphatic carbocycles. The van der Waals surface area contributed by atoms with Crippen molar-refractivity contribution in [3.8, 4) is 5.75 Å². The van der Waals surface area contributed by atoms with E-state index >= 15 is 0 Å². The van der Waals surface area contributed by atoms with Crippen LogP contribution in [0.25, 0.3) is 0 Å². The molecular formula is C21H20N2O4. The van der Waals surface area contributed by atoms with Crippen LogP contribution < -0.4 is 10.1 Å². The van der Waals surface area contributed by atoms with Crippen molar-refractivity contribution < 1.29 is 14.5 Å². The number of rotatable bonds is 4. The number of allylic oxidation sites excluding steroid dienone is 2. The first-order valence-corrected chi connectivity index (χ1v) is 8.90. The number of nitro benzene ring substituents is 1. The Morgan fingerprint density at radius 2 is 2.07 bits per heavy atom. The van der Waals surface area contributed by atoms with Crippen LogP contribution in [-0.2, 0) is 0 Å². The van der Waals surface area contributed by atoms with E-state index in [1.807, 2.05) is 24.3 Å². The molecule has 6 heteroatoms. The number of fused-ring (bicyclic) bond motifs is 3. The number of carbonyl (C=O) groups is 1. The van der Waals surface area contributed by atoms with Crippen molar-refractivity contribution in [1.82, 2.24) is 0 Å². The molecule has 2 aliphatic rings. The highest BCUT2D eigenvalue weighted by Crippen LogP contribution is 2.50. The lowest BCUT2D eigenvalue weighted by molar-refractivity contribution is -0.385. The maximum Gasteiger partial charge on any atom is 0.311 e. The molecule has 2 aromatic rings. The first kappa shape index (κ1) is 17.3. The van der Waals surface area contributed by atoms with Crippen molar-refractivity contribution >= 4 is 17.2 Å². The molecule has 0 saturated carbocycles. The molecule has 0 aromatic heterocycles. The minimum absolute atomic E-state index is 0.0305. The van der Waals surface area contributed by atoms with Gasteiger partial charge in [-0.2, -0.15) is 0 Å². The van der Waals surface area contributed by atoms with Gasteiger partial charge in [-0.05, 0) is 54.7 Å². The Bertz CT molecular complexity index is 967. The number of carbonyl (C=O) groups excluding carboxylic acids is 1. The lowest BCUT2D eigenvalue weighted by Gasteiger charge is -2.37. The van der Waals surface area contributed by atoms with Crippen LogP contribution in [0.15, 0.2) is 48.6 Å². The number of Topliss-reactive ketones (excluding diaryl/α,β-unsaturated/α-hetero) is 1. The smallest absolute Gasteiger partial charge is 0.311 e. The maximum absolute atomic E-state index is 11.8. The van der Waals surface area contributed by atoms with Gasteiger partial charge >= 0.3 is 5.69 Å². The van der Waals surface area contributed by atoms with Gasteiger partial charge in [-0.1, -0.05) is 18.2 Å². The number of hydrogen-bond donors (Lipinski definition) is 1. The van der Waals surface area contributed by atoms with Crippen LogP contribution >= 0.6 is 0 Å². The van der Waals surface area contributed by atoms with Crippen molar-refractivity contribution in [2.24, 2.45) is 5.92 Å². The minimum atomic E-state index is -0.414. The van der Waals surface area contributed by atoms with Gasteiger partial charge in [0.1, 0.15) is 0 Å². The Morgan fingerprint density at radius 1 is 1.26 bits per heavy atom. The normalized spacial score (nSPS) is 22.5. The van der Waals surface area contributed by atoms with Gasteiger partial charge in [-0.3, -0.25) is 14.9 Å². The third-order valence-electron chi connectivity index (χ3n) is 5.53. The van der Waals surface area contributed by atoms with Crippen LogP contribution in [-0.4, -0.2) is 17.8 Å². The predicted octanol–water partition coefficient (Wildman–Crippen LogP) is 4.63. The van der Waals surface area contributed by atoms with E-state index < -0.39 is 4.92 Å². The van der Waals surface area contributed by atoms with Crippen molar-refractivity contribution in [2.75, 3.05) is 12.4 Å². The molecule has 0 amide bonds. The molecular weight excluding hydrogens is 344 g/mol. The molecule has 1 heterocycles. The van der Waals surface area contributed by atoms with E-state index in [2.05, 4.69) is 17.5 Å². The fourth-order valence-corrected chi connectivity index (χ4v) is 4.19. The van der Waals surface area contributed by atoms with E-state index in [4.69, 9.17) is 4.74 Å². The quantitative estimate of drug-likeness (QED) is 0.370. The Morgan fingerprint density at radius 3 is 2.78 bits per heavy atom. The highest BCUT2D eigenvalue weighted by molar-refractivity contribution is 5.95. The molecule has 0 saturated heterocycles. The summed E-state index contributed by atoms with van der Waals surface area (Å²) in [7, 11) is 1.43. The predicted molar refractivity (Wildman–Crippen MR) is 102 cm³/mol.